The molecule has 0 aliphatic rings. The van der Waals surface area contributed by atoms with Gasteiger partial charge >= 0.3 is 0 Å². The molecule has 3 aromatic heterocycles. The van der Waals surface area contributed by atoms with Crippen molar-refractivity contribution in [2.45, 2.75) is 27.7 Å². The third kappa shape index (κ3) is 3.41. The highest BCUT2D eigenvalue weighted by Gasteiger charge is 2.18. The van der Waals surface area contributed by atoms with Crippen LogP contribution in [0.5, 0.6) is 0 Å². The number of aromatic nitrogens is 5. The lowest BCUT2D eigenvalue weighted by molar-refractivity contribution is 0.102. The maximum Gasteiger partial charge on any atom is 0.260 e. The van der Waals surface area contributed by atoms with Crippen molar-refractivity contribution in [2.24, 2.45) is 0 Å². The van der Waals surface area contributed by atoms with Gasteiger partial charge in [0.1, 0.15) is 11.6 Å². The minimum Gasteiger partial charge on any atom is -0.363 e. The van der Waals surface area contributed by atoms with E-state index in [2.05, 4.69) is 38.7 Å². The number of hydrogen-bond acceptors (Lipinski definition) is 5. The highest BCUT2D eigenvalue weighted by Crippen LogP contribution is 2.22. The Morgan fingerprint density at radius 1 is 1.07 bits per heavy atom. The van der Waals surface area contributed by atoms with Crippen LogP contribution < -0.4 is 10.2 Å². The fourth-order valence-electron chi connectivity index (χ4n) is 3.46. The zero-order valence-corrected chi connectivity index (χ0v) is 18.1. The first kappa shape index (κ1) is 19.6. The van der Waals surface area contributed by atoms with E-state index in [-0.39, 0.29) is 5.91 Å². The van der Waals surface area contributed by atoms with Crippen molar-refractivity contribution in [2.75, 3.05) is 24.3 Å². The van der Waals surface area contributed by atoms with Gasteiger partial charge in [0.15, 0.2) is 5.65 Å². The molecule has 0 radical (unpaired) electrons. The molecule has 0 unspecified atom stereocenters. The van der Waals surface area contributed by atoms with Crippen molar-refractivity contribution in [3.05, 3.63) is 64.6 Å². The van der Waals surface area contributed by atoms with Crippen LogP contribution in [0.15, 0.2) is 36.5 Å². The van der Waals surface area contributed by atoms with Crippen LogP contribution >= 0.6 is 0 Å². The molecule has 0 aliphatic carbocycles. The molecule has 0 saturated heterocycles. The lowest BCUT2D eigenvalue weighted by atomic mass is 10.1. The van der Waals surface area contributed by atoms with Gasteiger partial charge in [-0.05, 0) is 44.9 Å². The van der Waals surface area contributed by atoms with Crippen LogP contribution in [0.1, 0.15) is 32.9 Å². The summed E-state index contributed by atoms with van der Waals surface area (Å²) in [7, 11) is 3.85. The Morgan fingerprint density at radius 3 is 2.57 bits per heavy atom. The molecule has 4 rings (SSSR count). The number of anilines is 2. The number of hydrogen-bond donors (Lipinski definition) is 1. The monoisotopic (exact) mass is 403 g/mol. The minimum absolute atomic E-state index is 0.248. The van der Waals surface area contributed by atoms with E-state index in [4.69, 9.17) is 0 Å². The summed E-state index contributed by atoms with van der Waals surface area (Å²) in [5.74, 6) is 1.04. The van der Waals surface area contributed by atoms with Crippen molar-refractivity contribution in [3.63, 3.8) is 0 Å². The fourth-order valence-corrected chi connectivity index (χ4v) is 3.46. The summed E-state index contributed by atoms with van der Waals surface area (Å²) in [6.07, 6.45) is 1.60. The van der Waals surface area contributed by atoms with E-state index in [1.807, 2.05) is 58.8 Å². The van der Waals surface area contributed by atoms with Gasteiger partial charge in [-0.3, -0.25) is 4.79 Å². The number of aryl methyl sites for hydroxylation is 3. The first-order chi connectivity index (χ1) is 14.2. The lowest BCUT2D eigenvalue weighted by Gasteiger charge is -2.15. The third-order valence-electron chi connectivity index (χ3n) is 5.08. The molecule has 0 saturated carbocycles. The molecule has 154 valence electrons. The van der Waals surface area contributed by atoms with Crippen molar-refractivity contribution in [3.8, 4) is 5.69 Å². The molecular formula is C22H25N7O. The second kappa shape index (κ2) is 7.29. The predicted molar refractivity (Wildman–Crippen MR) is 118 cm³/mol. The summed E-state index contributed by atoms with van der Waals surface area (Å²) in [5.41, 5.74) is 6.02. The molecule has 8 heteroatoms. The van der Waals surface area contributed by atoms with Crippen LogP contribution in [-0.4, -0.2) is 44.4 Å². The van der Waals surface area contributed by atoms with Gasteiger partial charge in [0, 0.05) is 26.2 Å². The van der Waals surface area contributed by atoms with E-state index in [1.165, 1.54) is 0 Å². The van der Waals surface area contributed by atoms with Crippen LogP contribution in [0.4, 0.5) is 11.6 Å². The summed E-state index contributed by atoms with van der Waals surface area (Å²) in [6.45, 7) is 7.88. The predicted octanol–water partition coefficient (Wildman–Crippen LogP) is 3.47. The van der Waals surface area contributed by atoms with E-state index >= 15 is 0 Å². The van der Waals surface area contributed by atoms with Crippen molar-refractivity contribution < 1.29 is 4.79 Å². The topological polar surface area (TPSA) is 80.4 Å². The van der Waals surface area contributed by atoms with Crippen LogP contribution in [0.25, 0.3) is 11.3 Å². The van der Waals surface area contributed by atoms with Crippen molar-refractivity contribution in [1.29, 1.82) is 0 Å². The van der Waals surface area contributed by atoms with Crippen LogP contribution in [0, 0.1) is 27.7 Å². The lowest BCUT2D eigenvalue weighted by Crippen LogP contribution is -2.18. The van der Waals surface area contributed by atoms with E-state index in [1.54, 1.807) is 15.4 Å². The SMILES string of the molecule is Cc1ccc(C)c(-n2ncc(C(=O)Nc3cc(N(C)C)n4nc(C)cc4n3)c2C)c1. The second-order valence-corrected chi connectivity index (χ2v) is 7.75. The molecule has 0 fully saturated rings. The van der Waals surface area contributed by atoms with Crippen molar-refractivity contribution >= 4 is 23.2 Å². The number of fused-ring (bicyclic) bond motifs is 1. The van der Waals surface area contributed by atoms with Crippen LogP contribution in [0.2, 0.25) is 0 Å². The zero-order valence-electron chi connectivity index (χ0n) is 18.1. The van der Waals surface area contributed by atoms with Gasteiger partial charge in [0.2, 0.25) is 0 Å². The number of benzene rings is 1. The van der Waals surface area contributed by atoms with Gasteiger partial charge < -0.3 is 10.2 Å². The molecule has 4 aromatic rings. The number of nitrogens with zero attached hydrogens (tertiary/aromatic N) is 6. The summed E-state index contributed by atoms with van der Waals surface area (Å²) in [4.78, 5) is 19.5. The van der Waals surface area contributed by atoms with Crippen molar-refractivity contribution in [1.82, 2.24) is 24.4 Å². The molecular weight excluding hydrogens is 378 g/mol. The molecule has 1 aromatic carbocycles. The highest BCUT2D eigenvalue weighted by molar-refractivity contribution is 6.04. The Balaban J connectivity index is 1.68. The number of nitrogens with one attached hydrogen (secondary N) is 1. The molecule has 0 bridgehead atoms. The summed E-state index contributed by atoms with van der Waals surface area (Å²) in [6, 6.07) is 9.88. The maximum atomic E-state index is 13.0. The maximum absolute atomic E-state index is 13.0. The van der Waals surface area contributed by atoms with E-state index in [9.17, 15) is 4.79 Å². The largest absolute Gasteiger partial charge is 0.363 e. The molecule has 1 amide bonds. The smallest absolute Gasteiger partial charge is 0.260 e. The summed E-state index contributed by atoms with van der Waals surface area (Å²) >= 11 is 0. The molecule has 8 nitrogen and oxygen atoms in total. The fraction of sp³-hybridized carbons (Fsp3) is 0.273. The first-order valence-electron chi connectivity index (χ1n) is 9.73. The van der Waals surface area contributed by atoms with Crippen LogP contribution in [-0.2, 0) is 0 Å². The number of amides is 1. The summed E-state index contributed by atoms with van der Waals surface area (Å²) < 4.78 is 3.56. The molecule has 3 heterocycles. The van der Waals surface area contributed by atoms with Gasteiger partial charge in [0.25, 0.3) is 5.91 Å². The standard InChI is InChI=1S/C22H25N7O/c1-13-7-8-14(2)18(9-13)28-16(4)17(12-23-28)22(30)25-19-11-21(27(5)6)29-20(24-19)10-15(3)26-29/h7-12H,1-6H3,(H,24,25,30). The van der Waals surface area contributed by atoms with Gasteiger partial charge in [-0.25, -0.2) is 9.67 Å². The molecule has 30 heavy (non-hydrogen) atoms. The van der Waals surface area contributed by atoms with E-state index < -0.39 is 0 Å². The third-order valence-corrected chi connectivity index (χ3v) is 5.08. The Bertz CT molecular complexity index is 1270. The number of rotatable bonds is 4. The quantitative estimate of drug-likeness (QED) is 0.564. The molecule has 0 spiro atoms. The highest BCUT2D eigenvalue weighted by atomic mass is 16.1. The van der Waals surface area contributed by atoms with Gasteiger partial charge in [0.05, 0.1) is 28.8 Å². The average Bonchev–Trinajstić information content (AvgIpc) is 3.24. The Hall–Kier alpha value is -3.68. The van der Waals surface area contributed by atoms with E-state index in [0.717, 1.165) is 34.0 Å². The Kier molecular flexibility index (Phi) is 4.77. The second-order valence-electron chi connectivity index (χ2n) is 7.75. The minimum atomic E-state index is -0.248. The molecule has 1 N–H and O–H groups in total. The van der Waals surface area contributed by atoms with Gasteiger partial charge in [-0.1, -0.05) is 12.1 Å². The number of carbonyl (C=O) groups excluding carboxylic acids is 1. The van der Waals surface area contributed by atoms with Gasteiger partial charge in [-0.15, -0.1) is 0 Å². The molecule has 0 aliphatic heterocycles. The van der Waals surface area contributed by atoms with Gasteiger partial charge in [-0.2, -0.15) is 14.7 Å². The normalized spacial score (nSPS) is 11.1. The van der Waals surface area contributed by atoms with E-state index in [0.29, 0.717) is 17.0 Å². The zero-order chi connectivity index (χ0) is 21.6. The molecule has 0 atom stereocenters. The van der Waals surface area contributed by atoms with Crippen LogP contribution in [0.3, 0.4) is 0 Å². The Labute approximate surface area is 175 Å². The summed E-state index contributed by atoms with van der Waals surface area (Å²) in [5, 5.41) is 11.8. The average molecular weight is 403 g/mol. The number of carbonyl (C=O) groups is 1. The first-order valence-corrected chi connectivity index (χ1v) is 9.73. The Morgan fingerprint density at radius 2 is 1.83 bits per heavy atom.